The Morgan fingerprint density at radius 2 is 2.11 bits per heavy atom. The molecule has 1 aromatic rings. The lowest BCUT2D eigenvalue weighted by molar-refractivity contribution is -0.150. The Balaban J connectivity index is 2.10. The van der Waals surface area contributed by atoms with Gasteiger partial charge in [0.05, 0.1) is 5.92 Å². The Morgan fingerprint density at radius 3 is 2.84 bits per heavy atom. The number of fused-ring (bicyclic) bond motifs is 1. The molecule has 5 heteroatoms. The number of hydrogen-bond acceptors (Lipinski definition) is 3. The van der Waals surface area contributed by atoms with E-state index in [4.69, 9.17) is 11.6 Å². The number of carbonyl (C=O) groups is 2. The van der Waals surface area contributed by atoms with Crippen LogP contribution >= 0.6 is 11.6 Å². The van der Waals surface area contributed by atoms with Crippen LogP contribution in [0.3, 0.4) is 0 Å². The third-order valence-electron chi connectivity index (χ3n) is 4.05. The van der Waals surface area contributed by atoms with Crippen LogP contribution in [0, 0.1) is 5.92 Å². The van der Waals surface area contributed by atoms with Gasteiger partial charge in [-0.3, -0.25) is 9.59 Å². The monoisotopic (exact) mass is 279 g/mol. The van der Waals surface area contributed by atoms with Crippen molar-refractivity contribution >= 4 is 29.0 Å². The van der Waals surface area contributed by atoms with Gasteiger partial charge in [-0.25, -0.2) is 0 Å². The second-order valence-corrected chi connectivity index (χ2v) is 5.61. The van der Waals surface area contributed by atoms with Crippen molar-refractivity contribution in [3.63, 3.8) is 0 Å². The zero-order chi connectivity index (χ0) is 13.6. The summed E-state index contributed by atoms with van der Waals surface area (Å²) in [5, 5.41) is 13.9. The number of hydrogen-bond donors (Lipinski definition) is 2. The summed E-state index contributed by atoms with van der Waals surface area (Å²) in [6.07, 6.45) is 2.64. The topological polar surface area (TPSA) is 66.4 Å². The standard InChI is InChI=1S/C14H14ClNO3/c15-8-5-6-11-10(7-8)14(19,13(18)16-11)9-3-1-2-4-12(9)17/h5-7,9,19H,1-4H2,(H,16,18). The maximum Gasteiger partial charge on any atom is 0.261 e. The van der Waals surface area contributed by atoms with Gasteiger partial charge in [-0.2, -0.15) is 0 Å². The molecule has 0 aromatic heterocycles. The molecule has 2 unspecified atom stereocenters. The molecule has 100 valence electrons. The Bertz CT molecular complexity index is 572. The fourth-order valence-corrected chi connectivity index (χ4v) is 3.22. The van der Waals surface area contributed by atoms with Crippen molar-refractivity contribution in [1.29, 1.82) is 0 Å². The lowest BCUT2D eigenvalue weighted by Crippen LogP contribution is -2.46. The Hall–Kier alpha value is -1.39. The molecule has 1 aliphatic heterocycles. The van der Waals surface area contributed by atoms with E-state index in [0.29, 0.717) is 29.1 Å². The predicted octanol–water partition coefficient (Wildman–Crippen LogP) is 2.24. The van der Waals surface area contributed by atoms with Gasteiger partial charge in [-0.15, -0.1) is 0 Å². The number of aliphatic hydroxyl groups is 1. The van der Waals surface area contributed by atoms with Crippen molar-refractivity contribution in [2.45, 2.75) is 31.3 Å². The summed E-state index contributed by atoms with van der Waals surface area (Å²) in [6, 6.07) is 4.87. The lowest BCUT2D eigenvalue weighted by atomic mass is 9.73. The molecule has 2 atom stereocenters. The normalized spacial score (nSPS) is 30.1. The van der Waals surface area contributed by atoms with E-state index in [1.54, 1.807) is 18.2 Å². The zero-order valence-corrected chi connectivity index (χ0v) is 11.0. The van der Waals surface area contributed by atoms with Crippen LogP contribution in [-0.2, 0) is 15.2 Å². The van der Waals surface area contributed by atoms with E-state index in [1.807, 2.05) is 0 Å². The number of halogens is 1. The maximum absolute atomic E-state index is 12.2. The number of Topliss-reactive ketones (excluding diaryl/α,β-unsaturated/α-hetero) is 1. The van der Waals surface area contributed by atoms with Gasteiger partial charge in [0, 0.05) is 22.7 Å². The second kappa shape index (κ2) is 4.32. The minimum Gasteiger partial charge on any atom is -0.375 e. The Kier molecular flexibility index (Phi) is 2.87. The van der Waals surface area contributed by atoms with Crippen LogP contribution in [-0.4, -0.2) is 16.8 Å². The molecule has 0 spiro atoms. The second-order valence-electron chi connectivity index (χ2n) is 5.18. The zero-order valence-electron chi connectivity index (χ0n) is 10.3. The molecule has 0 saturated heterocycles. The summed E-state index contributed by atoms with van der Waals surface area (Å²) >= 11 is 5.94. The first-order valence-electron chi connectivity index (χ1n) is 6.40. The van der Waals surface area contributed by atoms with Crippen molar-refractivity contribution < 1.29 is 14.7 Å². The summed E-state index contributed by atoms with van der Waals surface area (Å²) in [4.78, 5) is 24.2. The molecule has 0 radical (unpaired) electrons. The van der Waals surface area contributed by atoms with Crippen LogP contribution in [0.2, 0.25) is 5.02 Å². The van der Waals surface area contributed by atoms with Crippen LogP contribution in [0.1, 0.15) is 31.2 Å². The predicted molar refractivity (Wildman–Crippen MR) is 70.9 cm³/mol. The molecule has 1 fully saturated rings. The van der Waals surface area contributed by atoms with Crippen LogP contribution in [0.15, 0.2) is 18.2 Å². The van der Waals surface area contributed by atoms with Crippen LogP contribution in [0.5, 0.6) is 0 Å². The largest absolute Gasteiger partial charge is 0.375 e. The first-order chi connectivity index (χ1) is 9.03. The van der Waals surface area contributed by atoms with Crippen molar-refractivity contribution in [2.24, 2.45) is 5.92 Å². The van der Waals surface area contributed by atoms with E-state index >= 15 is 0 Å². The van der Waals surface area contributed by atoms with E-state index in [1.165, 1.54) is 0 Å². The van der Waals surface area contributed by atoms with E-state index in [2.05, 4.69) is 5.32 Å². The van der Waals surface area contributed by atoms with Crippen molar-refractivity contribution in [2.75, 3.05) is 5.32 Å². The number of benzene rings is 1. The SMILES string of the molecule is O=C1CCCCC1C1(O)C(=O)Nc2ccc(Cl)cc21. The van der Waals surface area contributed by atoms with Gasteiger partial charge in [0.2, 0.25) is 0 Å². The van der Waals surface area contributed by atoms with E-state index in [-0.39, 0.29) is 5.78 Å². The molecule has 2 N–H and O–H groups in total. The summed E-state index contributed by atoms with van der Waals surface area (Å²) in [7, 11) is 0. The summed E-state index contributed by atoms with van der Waals surface area (Å²) in [6.45, 7) is 0. The molecule has 1 heterocycles. The highest BCUT2D eigenvalue weighted by molar-refractivity contribution is 6.31. The number of nitrogens with one attached hydrogen (secondary N) is 1. The van der Waals surface area contributed by atoms with Gasteiger partial charge >= 0.3 is 0 Å². The molecule has 1 aliphatic carbocycles. The maximum atomic E-state index is 12.2. The lowest BCUT2D eigenvalue weighted by Gasteiger charge is -2.32. The molecule has 1 aromatic carbocycles. The summed E-state index contributed by atoms with van der Waals surface area (Å²) in [5.41, 5.74) is -0.807. The fraction of sp³-hybridized carbons (Fsp3) is 0.429. The number of rotatable bonds is 1. The number of amides is 1. The molecule has 19 heavy (non-hydrogen) atoms. The average molecular weight is 280 g/mol. The highest BCUT2D eigenvalue weighted by Crippen LogP contribution is 2.45. The smallest absolute Gasteiger partial charge is 0.261 e. The highest BCUT2D eigenvalue weighted by atomic mass is 35.5. The van der Waals surface area contributed by atoms with Gasteiger partial charge in [-0.1, -0.05) is 18.0 Å². The van der Waals surface area contributed by atoms with E-state index in [9.17, 15) is 14.7 Å². The fourth-order valence-electron chi connectivity index (χ4n) is 3.05. The van der Waals surface area contributed by atoms with Crippen molar-refractivity contribution in [1.82, 2.24) is 0 Å². The Labute approximate surface area is 115 Å². The molecule has 1 amide bonds. The van der Waals surface area contributed by atoms with Gasteiger partial charge in [0.15, 0.2) is 5.60 Å². The minimum atomic E-state index is -1.77. The number of ketones is 1. The average Bonchev–Trinajstić information content (AvgIpc) is 2.64. The summed E-state index contributed by atoms with van der Waals surface area (Å²) < 4.78 is 0. The molecule has 4 nitrogen and oxygen atoms in total. The molecular weight excluding hydrogens is 266 g/mol. The molecule has 2 aliphatic rings. The van der Waals surface area contributed by atoms with E-state index in [0.717, 1.165) is 12.8 Å². The van der Waals surface area contributed by atoms with Gasteiger partial charge in [0.1, 0.15) is 5.78 Å². The third kappa shape index (κ3) is 1.78. The van der Waals surface area contributed by atoms with Gasteiger partial charge in [0.25, 0.3) is 5.91 Å². The van der Waals surface area contributed by atoms with E-state index < -0.39 is 17.4 Å². The van der Waals surface area contributed by atoms with Crippen molar-refractivity contribution in [3.05, 3.63) is 28.8 Å². The number of anilines is 1. The van der Waals surface area contributed by atoms with Crippen LogP contribution in [0.4, 0.5) is 5.69 Å². The molecular formula is C14H14ClNO3. The first-order valence-corrected chi connectivity index (χ1v) is 6.78. The van der Waals surface area contributed by atoms with Crippen LogP contribution in [0.25, 0.3) is 0 Å². The van der Waals surface area contributed by atoms with Crippen molar-refractivity contribution in [3.8, 4) is 0 Å². The minimum absolute atomic E-state index is 0.0447. The molecule has 1 saturated carbocycles. The van der Waals surface area contributed by atoms with Gasteiger partial charge < -0.3 is 10.4 Å². The first kappa shape index (κ1) is 12.6. The highest BCUT2D eigenvalue weighted by Gasteiger charge is 2.53. The van der Waals surface area contributed by atoms with Crippen LogP contribution < -0.4 is 5.32 Å². The number of carbonyl (C=O) groups excluding carboxylic acids is 2. The quantitative estimate of drug-likeness (QED) is 0.828. The summed E-state index contributed by atoms with van der Waals surface area (Å²) in [5.74, 6) is -1.23. The Morgan fingerprint density at radius 1 is 1.32 bits per heavy atom. The third-order valence-corrected chi connectivity index (χ3v) is 4.28. The molecule has 0 bridgehead atoms. The molecule has 3 rings (SSSR count). The van der Waals surface area contributed by atoms with Gasteiger partial charge in [-0.05, 0) is 31.0 Å².